The number of aryl methyl sites for hydroxylation is 1. The molecule has 6 nitrogen and oxygen atoms in total. The summed E-state index contributed by atoms with van der Waals surface area (Å²) in [6.45, 7) is 9.81. The third kappa shape index (κ3) is 4.50. The first kappa shape index (κ1) is 19.7. The highest BCUT2D eigenvalue weighted by Crippen LogP contribution is 2.24. The van der Waals surface area contributed by atoms with Crippen LogP contribution in [0.2, 0.25) is 0 Å². The summed E-state index contributed by atoms with van der Waals surface area (Å²) in [4.78, 5) is 12.2. The molecule has 0 bridgehead atoms. The molecule has 2 aromatic rings. The topological polar surface area (TPSA) is 88.1 Å². The number of aliphatic hydroxyl groups excluding tert-OH is 1. The fraction of sp³-hybridized carbons (Fsp3) is 0.450. The van der Waals surface area contributed by atoms with Crippen LogP contribution in [0.25, 0.3) is 0 Å². The van der Waals surface area contributed by atoms with E-state index in [0.717, 1.165) is 4.68 Å². The first-order valence-corrected chi connectivity index (χ1v) is 8.53. The Kier molecular flexibility index (Phi) is 5.83. The predicted molar refractivity (Wildman–Crippen MR) is 99.3 cm³/mol. The number of nitriles is 1. The van der Waals surface area contributed by atoms with Gasteiger partial charge in [0.2, 0.25) is 0 Å². The molecule has 0 saturated carbocycles. The molecule has 0 aliphatic rings. The van der Waals surface area contributed by atoms with Crippen LogP contribution in [0.4, 0.5) is 0 Å². The number of rotatable bonds is 5. The Morgan fingerprint density at radius 2 is 1.88 bits per heavy atom. The zero-order valence-electron chi connectivity index (χ0n) is 15.9. The van der Waals surface area contributed by atoms with Crippen molar-refractivity contribution in [2.45, 2.75) is 52.7 Å². The Hall–Kier alpha value is -2.65. The van der Waals surface area contributed by atoms with Gasteiger partial charge in [0.1, 0.15) is 30.1 Å². The Labute approximate surface area is 153 Å². The van der Waals surface area contributed by atoms with Crippen molar-refractivity contribution in [2.75, 3.05) is 6.61 Å². The maximum atomic E-state index is 12.2. The number of ether oxygens (including phenoxy) is 1. The molecular weight excluding hydrogens is 330 g/mol. The van der Waals surface area contributed by atoms with Crippen molar-refractivity contribution >= 4 is 0 Å². The van der Waals surface area contributed by atoms with Crippen LogP contribution in [0, 0.1) is 25.2 Å². The van der Waals surface area contributed by atoms with Crippen LogP contribution >= 0.6 is 0 Å². The van der Waals surface area contributed by atoms with E-state index in [1.54, 1.807) is 13.8 Å². The molecule has 2 rings (SSSR count). The molecule has 1 atom stereocenters. The second kappa shape index (κ2) is 7.71. The van der Waals surface area contributed by atoms with E-state index in [2.05, 4.69) is 25.9 Å². The Balaban J connectivity index is 2.04. The molecule has 26 heavy (non-hydrogen) atoms. The summed E-state index contributed by atoms with van der Waals surface area (Å²) in [6, 6.07) is 9.62. The van der Waals surface area contributed by atoms with E-state index in [1.807, 2.05) is 30.3 Å². The highest BCUT2D eigenvalue weighted by atomic mass is 16.5. The number of hydrogen-bond donors (Lipinski definition) is 1. The van der Waals surface area contributed by atoms with Gasteiger partial charge in [-0.15, -0.1) is 0 Å². The molecule has 0 spiro atoms. The van der Waals surface area contributed by atoms with Crippen LogP contribution < -0.4 is 10.3 Å². The van der Waals surface area contributed by atoms with Gasteiger partial charge >= 0.3 is 0 Å². The molecule has 1 aromatic carbocycles. The van der Waals surface area contributed by atoms with E-state index < -0.39 is 11.7 Å². The molecule has 0 aliphatic heterocycles. The van der Waals surface area contributed by atoms with Crippen LogP contribution in [0.5, 0.6) is 5.75 Å². The summed E-state index contributed by atoms with van der Waals surface area (Å²) in [7, 11) is 0. The molecule has 0 amide bonds. The molecule has 0 fully saturated rings. The molecule has 138 valence electrons. The largest absolute Gasteiger partial charge is 0.491 e. The third-order valence-electron chi connectivity index (χ3n) is 4.29. The Bertz CT molecular complexity index is 871. The van der Waals surface area contributed by atoms with Crippen molar-refractivity contribution in [3.63, 3.8) is 0 Å². The third-order valence-corrected chi connectivity index (χ3v) is 4.29. The lowest BCUT2D eigenvalue weighted by atomic mass is 9.87. The molecule has 0 aliphatic carbocycles. The lowest BCUT2D eigenvalue weighted by Crippen LogP contribution is -2.34. The molecule has 6 heteroatoms. The minimum atomic E-state index is -0.920. The highest BCUT2D eigenvalue weighted by Gasteiger charge is 2.16. The molecule has 0 saturated heterocycles. The molecule has 1 aromatic heterocycles. The number of benzene rings is 1. The number of hydrogen-bond acceptors (Lipinski definition) is 5. The summed E-state index contributed by atoms with van der Waals surface area (Å²) >= 11 is 0. The van der Waals surface area contributed by atoms with Crippen LogP contribution in [0.1, 0.15) is 43.2 Å². The van der Waals surface area contributed by atoms with Crippen molar-refractivity contribution in [1.82, 2.24) is 9.78 Å². The second-order valence-electron chi connectivity index (χ2n) is 7.42. The SMILES string of the molecule is Cc1nn(C[C@@H](O)COc2ccc(C(C)(C)C)cc2)c(=O)c(C#N)c1C. The molecule has 1 heterocycles. The van der Waals surface area contributed by atoms with E-state index in [9.17, 15) is 9.90 Å². The Morgan fingerprint density at radius 3 is 2.42 bits per heavy atom. The summed E-state index contributed by atoms with van der Waals surface area (Å²) in [6.07, 6.45) is -0.920. The first-order valence-electron chi connectivity index (χ1n) is 8.53. The zero-order valence-corrected chi connectivity index (χ0v) is 15.9. The van der Waals surface area contributed by atoms with Gasteiger partial charge in [0.15, 0.2) is 0 Å². The van der Waals surface area contributed by atoms with Crippen LogP contribution in [-0.4, -0.2) is 27.6 Å². The van der Waals surface area contributed by atoms with Crippen molar-refractivity contribution < 1.29 is 9.84 Å². The van der Waals surface area contributed by atoms with Gasteiger partial charge in [0.25, 0.3) is 5.56 Å². The van der Waals surface area contributed by atoms with Crippen molar-refractivity contribution in [2.24, 2.45) is 0 Å². The fourth-order valence-corrected chi connectivity index (χ4v) is 2.52. The van der Waals surface area contributed by atoms with Gasteiger partial charge in [0.05, 0.1) is 12.2 Å². The van der Waals surface area contributed by atoms with Gasteiger partial charge < -0.3 is 9.84 Å². The normalized spacial score (nSPS) is 12.5. The second-order valence-corrected chi connectivity index (χ2v) is 7.42. The average Bonchev–Trinajstić information content (AvgIpc) is 2.58. The molecule has 0 radical (unpaired) electrons. The summed E-state index contributed by atoms with van der Waals surface area (Å²) in [5.74, 6) is 0.648. The van der Waals surface area contributed by atoms with Gasteiger partial charge in [-0.05, 0) is 42.5 Å². The van der Waals surface area contributed by atoms with Gasteiger partial charge in [-0.25, -0.2) is 4.68 Å². The predicted octanol–water partition coefficient (Wildman–Crippen LogP) is 2.47. The van der Waals surface area contributed by atoms with Gasteiger partial charge in [-0.2, -0.15) is 10.4 Å². The maximum absolute atomic E-state index is 12.2. The van der Waals surface area contributed by atoms with E-state index >= 15 is 0 Å². The minimum absolute atomic E-state index is 0.0256. The van der Waals surface area contributed by atoms with Crippen molar-refractivity contribution in [1.29, 1.82) is 5.26 Å². The lowest BCUT2D eigenvalue weighted by Gasteiger charge is -2.19. The quantitative estimate of drug-likeness (QED) is 0.890. The van der Waals surface area contributed by atoms with Crippen LogP contribution in [0.3, 0.4) is 0 Å². The minimum Gasteiger partial charge on any atom is -0.491 e. The average molecular weight is 355 g/mol. The van der Waals surface area contributed by atoms with Crippen molar-refractivity contribution in [3.05, 3.63) is 57.0 Å². The highest BCUT2D eigenvalue weighted by molar-refractivity contribution is 5.36. The van der Waals surface area contributed by atoms with Gasteiger partial charge in [0, 0.05) is 0 Å². The van der Waals surface area contributed by atoms with Crippen LogP contribution in [0.15, 0.2) is 29.1 Å². The van der Waals surface area contributed by atoms with E-state index in [0.29, 0.717) is 17.0 Å². The summed E-state index contributed by atoms with van der Waals surface area (Å²) in [5, 5.41) is 23.5. The Morgan fingerprint density at radius 1 is 1.27 bits per heavy atom. The standard InChI is InChI=1S/C20H25N3O3/c1-13-14(2)22-23(19(25)18(13)10-21)11-16(24)12-26-17-8-6-15(7-9-17)20(3,4)5/h6-9,16,24H,11-12H2,1-5H3/t16-/m1/s1. The summed E-state index contributed by atoms with van der Waals surface area (Å²) < 4.78 is 6.72. The fourth-order valence-electron chi connectivity index (χ4n) is 2.52. The van der Waals surface area contributed by atoms with E-state index in [4.69, 9.17) is 10.00 Å². The molecule has 0 unspecified atom stereocenters. The summed E-state index contributed by atoms with van der Waals surface area (Å²) in [5.41, 5.74) is 1.98. The lowest BCUT2D eigenvalue weighted by molar-refractivity contribution is 0.0877. The monoisotopic (exact) mass is 355 g/mol. The molecule has 1 N–H and O–H groups in total. The first-order chi connectivity index (χ1) is 12.1. The van der Waals surface area contributed by atoms with Crippen molar-refractivity contribution in [3.8, 4) is 11.8 Å². The van der Waals surface area contributed by atoms with Gasteiger partial charge in [-0.3, -0.25) is 4.79 Å². The smallest absolute Gasteiger partial charge is 0.285 e. The van der Waals surface area contributed by atoms with Crippen LogP contribution in [-0.2, 0) is 12.0 Å². The number of nitrogens with zero attached hydrogens (tertiary/aromatic N) is 3. The number of aliphatic hydroxyl groups is 1. The molecular formula is C20H25N3O3. The number of aromatic nitrogens is 2. The zero-order chi connectivity index (χ0) is 19.5. The van der Waals surface area contributed by atoms with E-state index in [1.165, 1.54) is 5.56 Å². The van der Waals surface area contributed by atoms with Gasteiger partial charge in [-0.1, -0.05) is 32.9 Å². The van der Waals surface area contributed by atoms with E-state index in [-0.39, 0.29) is 24.1 Å². The maximum Gasteiger partial charge on any atom is 0.285 e.